The maximum Gasteiger partial charge on any atom is 0.0964 e. The van der Waals surface area contributed by atoms with Gasteiger partial charge in [-0.05, 0) is 37.5 Å². The highest BCUT2D eigenvalue weighted by Gasteiger charge is 2.15. The Hall–Kier alpha value is -0.580. The van der Waals surface area contributed by atoms with E-state index in [0.717, 1.165) is 22.9 Å². The van der Waals surface area contributed by atoms with Gasteiger partial charge in [-0.1, -0.05) is 0 Å². The lowest BCUT2D eigenvalue weighted by atomic mass is 10.1. The van der Waals surface area contributed by atoms with Gasteiger partial charge in [0.1, 0.15) is 0 Å². The van der Waals surface area contributed by atoms with Crippen molar-refractivity contribution in [2.24, 2.45) is 5.73 Å². The summed E-state index contributed by atoms with van der Waals surface area (Å²) in [7, 11) is 0. The highest BCUT2D eigenvalue weighted by Crippen LogP contribution is 2.23. The number of aromatic nitrogens is 1. The maximum atomic E-state index is 5.84. The van der Waals surface area contributed by atoms with Crippen molar-refractivity contribution in [1.29, 1.82) is 0 Å². The second-order valence-electron chi connectivity index (χ2n) is 4.16. The highest BCUT2D eigenvalue weighted by atomic mass is 32.2. The SMILES string of the molecule is C[C@H](N)c1ccnc(SCC2CCCO2)c1. The molecule has 2 atom stereocenters. The summed E-state index contributed by atoms with van der Waals surface area (Å²) < 4.78 is 5.58. The Morgan fingerprint density at radius 3 is 3.25 bits per heavy atom. The lowest BCUT2D eigenvalue weighted by Crippen LogP contribution is -2.08. The van der Waals surface area contributed by atoms with Crippen LogP contribution in [0.1, 0.15) is 31.4 Å². The lowest BCUT2D eigenvalue weighted by molar-refractivity contribution is 0.129. The fraction of sp³-hybridized carbons (Fsp3) is 0.583. The maximum absolute atomic E-state index is 5.84. The van der Waals surface area contributed by atoms with Gasteiger partial charge in [0, 0.05) is 24.6 Å². The average Bonchev–Trinajstić information content (AvgIpc) is 2.79. The number of rotatable bonds is 4. The summed E-state index contributed by atoms with van der Waals surface area (Å²) >= 11 is 1.76. The molecule has 2 rings (SSSR count). The van der Waals surface area contributed by atoms with E-state index in [4.69, 9.17) is 10.5 Å². The number of hydrogen-bond acceptors (Lipinski definition) is 4. The van der Waals surface area contributed by atoms with Crippen molar-refractivity contribution in [3.8, 4) is 0 Å². The summed E-state index contributed by atoms with van der Waals surface area (Å²) in [6.07, 6.45) is 4.61. The molecule has 0 aliphatic carbocycles. The largest absolute Gasteiger partial charge is 0.377 e. The molecule has 2 N–H and O–H groups in total. The molecule has 1 unspecified atom stereocenters. The van der Waals surface area contributed by atoms with Crippen molar-refractivity contribution in [2.45, 2.75) is 36.9 Å². The highest BCUT2D eigenvalue weighted by molar-refractivity contribution is 7.99. The smallest absolute Gasteiger partial charge is 0.0964 e. The van der Waals surface area contributed by atoms with Crippen LogP contribution in [0.2, 0.25) is 0 Å². The van der Waals surface area contributed by atoms with E-state index in [1.165, 1.54) is 12.8 Å². The Labute approximate surface area is 101 Å². The molecule has 4 heteroatoms. The molecule has 1 aliphatic rings. The van der Waals surface area contributed by atoms with Crippen LogP contribution in [0.15, 0.2) is 23.4 Å². The zero-order valence-corrected chi connectivity index (χ0v) is 10.4. The molecule has 1 fully saturated rings. The molecule has 1 aromatic heterocycles. The van der Waals surface area contributed by atoms with Crippen molar-refractivity contribution in [1.82, 2.24) is 4.98 Å². The van der Waals surface area contributed by atoms with Crippen molar-refractivity contribution in [2.75, 3.05) is 12.4 Å². The quantitative estimate of drug-likeness (QED) is 0.818. The molecule has 0 bridgehead atoms. The Bertz CT molecular complexity index is 338. The van der Waals surface area contributed by atoms with E-state index in [1.54, 1.807) is 11.8 Å². The van der Waals surface area contributed by atoms with Gasteiger partial charge in [0.25, 0.3) is 0 Å². The Kier molecular flexibility index (Phi) is 4.21. The molecule has 0 spiro atoms. The lowest BCUT2D eigenvalue weighted by Gasteiger charge is -2.10. The molecule has 1 aliphatic heterocycles. The Morgan fingerprint density at radius 1 is 1.69 bits per heavy atom. The molecule has 0 radical (unpaired) electrons. The summed E-state index contributed by atoms with van der Waals surface area (Å²) in [4.78, 5) is 4.33. The monoisotopic (exact) mass is 238 g/mol. The molecule has 1 saturated heterocycles. The molecular formula is C12H18N2OS. The molecule has 16 heavy (non-hydrogen) atoms. The third-order valence-corrected chi connectivity index (χ3v) is 3.78. The van der Waals surface area contributed by atoms with Gasteiger partial charge in [-0.3, -0.25) is 0 Å². The number of nitrogens with zero attached hydrogens (tertiary/aromatic N) is 1. The van der Waals surface area contributed by atoms with Crippen LogP contribution in [0, 0.1) is 0 Å². The molecule has 0 amide bonds. The minimum absolute atomic E-state index is 0.0741. The predicted molar refractivity (Wildman–Crippen MR) is 66.5 cm³/mol. The van der Waals surface area contributed by atoms with Gasteiger partial charge < -0.3 is 10.5 Å². The van der Waals surface area contributed by atoms with Gasteiger partial charge in [0.05, 0.1) is 11.1 Å². The average molecular weight is 238 g/mol. The van der Waals surface area contributed by atoms with Crippen LogP contribution in [0.5, 0.6) is 0 Å². The standard InChI is InChI=1S/C12H18N2OS/c1-9(13)10-4-5-14-12(7-10)16-8-11-3-2-6-15-11/h4-5,7,9,11H,2-3,6,8,13H2,1H3/t9-,11?/m0/s1. The molecule has 2 heterocycles. The first-order valence-corrected chi connectivity index (χ1v) is 6.70. The first-order chi connectivity index (χ1) is 7.75. The molecular weight excluding hydrogens is 220 g/mol. The predicted octanol–water partition coefficient (Wildman–Crippen LogP) is 2.37. The normalized spacial score (nSPS) is 22.2. The van der Waals surface area contributed by atoms with Gasteiger partial charge in [0.2, 0.25) is 0 Å². The van der Waals surface area contributed by atoms with Crippen molar-refractivity contribution < 1.29 is 4.74 Å². The van der Waals surface area contributed by atoms with Crippen LogP contribution in [0.25, 0.3) is 0 Å². The van der Waals surface area contributed by atoms with Gasteiger partial charge in [-0.25, -0.2) is 4.98 Å². The number of hydrogen-bond donors (Lipinski definition) is 1. The van der Waals surface area contributed by atoms with Crippen molar-refractivity contribution >= 4 is 11.8 Å². The summed E-state index contributed by atoms with van der Waals surface area (Å²) in [6, 6.07) is 4.12. The topological polar surface area (TPSA) is 48.1 Å². The van der Waals surface area contributed by atoms with Gasteiger partial charge >= 0.3 is 0 Å². The zero-order chi connectivity index (χ0) is 11.4. The zero-order valence-electron chi connectivity index (χ0n) is 9.56. The van der Waals surface area contributed by atoms with Gasteiger partial charge in [-0.2, -0.15) is 0 Å². The number of nitrogens with two attached hydrogens (primary N) is 1. The number of pyridine rings is 1. The summed E-state index contributed by atoms with van der Waals surface area (Å²) in [5.74, 6) is 0.995. The van der Waals surface area contributed by atoms with Crippen molar-refractivity contribution in [3.63, 3.8) is 0 Å². The van der Waals surface area contributed by atoms with Crippen molar-refractivity contribution in [3.05, 3.63) is 23.9 Å². The minimum atomic E-state index is 0.0741. The molecule has 0 aromatic carbocycles. The molecule has 1 aromatic rings. The third-order valence-electron chi connectivity index (χ3n) is 2.73. The van der Waals surface area contributed by atoms with Crippen LogP contribution in [0.4, 0.5) is 0 Å². The van der Waals surface area contributed by atoms with E-state index in [0.29, 0.717) is 6.10 Å². The van der Waals surface area contributed by atoms with E-state index in [2.05, 4.69) is 11.1 Å². The second-order valence-corrected chi connectivity index (χ2v) is 5.20. The third kappa shape index (κ3) is 3.20. The number of ether oxygens (including phenoxy) is 1. The first-order valence-electron chi connectivity index (χ1n) is 5.71. The summed E-state index contributed by atoms with van der Waals surface area (Å²) in [5.41, 5.74) is 6.98. The summed E-state index contributed by atoms with van der Waals surface area (Å²) in [5, 5.41) is 1.05. The van der Waals surface area contributed by atoms with E-state index < -0.39 is 0 Å². The first kappa shape index (κ1) is 11.9. The fourth-order valence-corrected chi connectivity index (χ4v) is 2.72. The Balaban J connectivity index is 1.90. The molecule has 0 saturated carbocycles. The van der Waals surface area contributed by atoms with E-state index in [9.17, 15) is 0 Å². The Morgan fingerprint density at radius 2 is 2.56 bits per heavy atom. The molecule has 88 valence electrons. The van der Waals surface area contributed by atoms with Gasteiger partial charge in [-0.15, -0.1) is 11.8 Å². The second kappa shape index (κ2) is 5.66. The number of thioether (sulfide) groups is 1. The summed E-state index contributed by atoms with van der Waals surface area (Å²) in [6.45, 7) is 2.91. The minimum Gasteiger partial charge on any atom is -0.377 e. The fourth-order valence-electron chi connectivity index (χ4n) is 1.74. The van der Waals surface area contributed by atoms with Crippen LogP contribution < -0.4 is 5.73 Å². The van der Waals surface area contributed by atoms with E-state index in [1.807, 2.05) is 19.2 Å². The molecule has 3 nitrogen and oxygen atoms in total. The van der Waals surface area contributed by atoms with Crippen LogP contribution >= 0.6 is 11.8 Å². The van der Waals surface area contributed by atoms with Gasteiger partial charge in [0.15, 0.2) is 0 Å². The van der Waals surface area contributed by atoms with Crippen LogP contribution in [0.3, 0.4) is 0 Å². The van der Waals surface area contributed by atoms with Crippen LogP contribution in [-0.2, 0) is 4.74 Å². The van der Waals surface area contributed by atoms with E-state index >= 15 is 0 Å². The van der Waals surface area contributed by atoms with Crippen LogP contribution in [-0.4, -0.2) is 23.4 Å². The van der Waals surface area contributed by atoms with E-state index in [-0.39, 0.29) is 6.04 Å².